The number of aldehydes is 1. The largest absolute Gasteiger partial charge is 0.402 e. The van der Waals surface area contributed by atoms with Crippen LogP contribution in [-0.4, -0.2) is 18.4 Å². The van der Waals surface area contributed by atoms with Gasteiger partial charge in [0, 0.05) is 17.0 Å². The number of rotatable bonds is 8. The molecule has 1 heterocycles. The quantitative estimate of drug-likeness (QED) is 0.308. The SMILES string of the molecule is C/C(N)=C/C(=O)C[C@@H](C=O)[C@](C)(N=CN)c1cc(-c2cccc(C#N)c2)cs1. The Morgan fingerprint density at radius 2 is 2.14 bits per heavy atom. The van der Waals surface area contributed by atoms with Gasteiger partial charge in [0.1, 0.15) is 11.8 Å². The van der Waals surface area contributed by atoms with E-state index in [4.69, 9.17) is 16.7 Å². The number of ketones is 1. The van der Waals surface area contributed by atoms with E-state index in [2.05, 4.69) is 11.1 Å². The monoisotopic (exact) mass is 394 g/mol. The molecule has 0 aliphatic heterocycles. The van der Waals surface area contributed by atoms with Gasteiger partial charge in [0.15, 0.2) is 5.78 Å². The Balaban J connectivity index is 2.43. The van der Waals surface area contributed by atoms with Crippen LogP contribution in [0.4, 0.5) is 0 Å². The summed E-state index contributed by atoms with van der Waals surface area (Å²) in [6.07, 6.45) is 3.18. The molecule has 0 amide bonds. The first-order chi connectivity index (χ1) is 13.3. The van der Waals surface area contributed by atoms with Crippen LogP contribution in [0, 0.1) is 17.2 Å². The van der Waals surface area contributed by atoms with Crippen LogP contribution < -0.4 is 11.5 Å². The molecule has 7 heteroatoms. The van der Waals surface area contributed by atoms with Crippen molar-refractivity contribution in [2.45, 2.75) is 25.8 Å². The molecule has 28 heavy (non-hydrogen) atoms. The number of thiophene rings is 1. The first kappa shape index (κ1) is 21.1. The summed E-state index contributed by atoms with van der Waals surface area (Å²) in [5, 5.41) is 11.0. The van der Waals surface area contributed by atoms with Crippen molar-refractivity contribution < 1.29 is 9.59 Å². The lowest BCUT2D eigenvalue weighted by molar-refractivity contribution is -0.121. The maximum atomic E-state index is 12.2. The predicted molar refractivity (Wildman–Crippen MR) is 112 cm³/mol. The highest BCUT2D eigenvalue weighted by Gasteiger charge is 2.37. The zero-order chi connectivity index (χ0) is 20.7. The van der Waals surface area contributed by atoms with Gasteiger partial charge in [-0.15, -0.1) is 11.3 Å². The molecule has 144 valence electrons. The number of nitrogens with two attached hydrogens (primary N) is 2. The van der Waals surface area contributed by atoms with E-state index in [1.165, 1.54) is 17.4 Å². The number of allylic oxidation sites excluding steroid dienone is 2. The fraction of sp³-hybridized carbons (Fsp3) is 0.238. The molecular weight excluding hydrogens is 372 g/mol. The van der Waals surface area contributed by atoms with E-state index < -0.39 is 11.5 Å². The van der Waals surface area contributed by atoms with Gasteiger partial charge in [-0.25, -0.2) is 0 Å². The molecule has 0 fully saturated rings. The molecule has 0 aliphatic rings. The molecule has 1 aromatic carbocycles. The fourth-order valence-electron chi connectivity index (χ4n) is 2.93. The Bertz CT molecular complexity index is 967. The van der Waals surface area contributed by atoms with Gasteiger partial charge in [0.25, 0.3) is 0 Å². The molecule has 0 saturated heterocycles. The van der Waals surface area contributed by atoms with Crippen molar-refractivity contribution in [3.05, 3.63) is 57.9 Å². The lowest BCUT2D eigenvalue weighted by atomic mass is 9.82. The number of carbonyl (C=O) groups excluding carboxylic acids is 2. The molecule has 0 bridgehead atoms. The second kappa shape index (κ2) is 9.11. The molecular formula is C21H22N4O2S. The molecule has 0 spiro atoms. The summed E-state index contributed by atoms with van der Waals surface area (Å²) < 4.78 is 0. The van der Waals surface area contributed by atoms with E-state index >= 15 is 0 Å². The molecule has 6 nitrogen and oxygen atoms in total. The molecule has 2 rings (SSSR count). The van der Waals surface area contributed by atoms with Crippen molar-refractivity contribution in [1.29, 1.82) is 5.26 Å². The van der Waals surface area contributed by atoms with E-state index in [0.717, 1.165) is 28.6 Å². The zero-order valence-corrected chi connectivity index (χ0v) is 16.6. The number of aliphatic imine (C=N–C) groups is 1. The minimum atomic E-state index is -0.988. The third kappa shape index (κ3) is 4.72. The second-order valence-corrected chi connectivity index (χ2v) is 7.53. The number of hydrogen-bond acceptors (Lipinski definition) is 6. The van der Waals surface area contributed by atoms with E-state index in [1.807, 2.05) is 23.6 Å². The van der Waals surface area contributed by atoms with Crippen LogP contribution in [0.5, 0.6) is 0 Å². The molecule has 2 aromatic rings. The number of benzene rings is 1. The Morgan fingerprint density at radius 1 is 1.39 bits per heavy atom. The molecule has 2 atom stereocenters. The Hall–Kier alpha value is -3.24. The van der Waals surface area contributed by atoms with Crippen LogP contribution in [0.25, 0.3) is 11.1 Å². The Kier molecular flexibility index (Phi) is 6.85. The molecule has 0 radical (unpaired) electrons. The van der Waals surface area contributed by atoms with Gasteiger partial charge in [0.2, 0.25) is 0 Å². The minimum Gasteiger partial charge on any atom is -0.402 e. The highest BCUT2D eigenvalue weighted by Crippen LogP contribution is 2.40. The first-order valence-corrected chi connectivity index (χ1v) is 9.49. The maximum Gasteiger partial charge on any atom is 0.158 e. The lowest BCUT2D eigenvalue weighted by Crippen LogP contribution is -2.33. The van der Waals surface area contributed by atoms with Gasteiger partial charge in [-0.1, -0.05) is 12.1 Å². The van der Waals surface area contributed by atoms with Crippen molar-refractivity contribution >= 4 is 29.7 Å². The molecule has 1 aromatic heterocycles. The third-order valence-electron chi connectivity index (χ3n) is 4.46. The van der Waals surface area contributed by atoms with Gasteiger partial charge in [-0.2, -0.15) is 5.26 Å². The summed E-state index contributed by atoms with van der Waals surface area (Å²) in [5.74, 6) is -0.943. The summed E-state index contributed by atoms with van der Waals surface area (Å²) in [4.78, 5) is 29.1. The third-order valence-corrected chi connectivity index (χ3v) is 5.62. The molecule has 4 N–H and O–H groups in total. The molecule has 0 aliphatic carbocycles. The number of nitrogens with zero attached hydrogens (tertiary/aromatic N) is 2. The van der Waals surface area contributed by atoms with Crippen molar-refractivity contribution in [3.8, 4) is 17.2 Å². The smallest absolute Gasteiger partial charge is 0.158 e. The predicted octanol–water partition coefficient (Wildman–Crippen LogP) is 3.13. The van der Waals surface area contributed by atoms with Crippen LogP contribution in [0.1, 0.15) is 30.7 Å². The number of carbonyl (C=O) groups is 2. The van der Waals surface area contributed by atoms with E-state index in [-0.39, 0.29) is 12.2 Å². The maximum absolute atomic E-state index is 12.2. The van der Waals surface area contributed by atoms with Gasteiger partial charge in [0.05, 0.1) is 23.9 Å². The first-order valence-electron chi connectivity index (χ1n) is 8.61. The van der Waals surface area contributed by atoms with E-state index in [0.29, 0.717) is 11.3 Å². The van der Waals surface area contributed by atoms with Crippen LogP contribution in [0.3, 0.4) is 0 Å². The summed E-state index contributed by atoms with van der Waals surface area (Å²) in [7, 11) is 0. The van der Waals surface area contributed by atoms with Crippen molar-refractivity contribution in [2.24, 2.45) is 22.4 Å². The summed E-state index contributed by atoms with van der Waals surface area (Å²) in [5.41, 5.74) is 12.9. The van der Waals surface area contributed by atoms with Crippen LogP contribution in [0.2, 0.25) is 0 Å². The fourth-order valence-corrected chi connectivity index (χ4v) is 4.02. The molecule has 0 saturated carbocycles. The second-order valence-electron chi connectivity index (χ2n) is 6.62. The van der Waals surface area contributed by atoms with Crippen molar-refractivity contribution in [1.82, 2.24) is 0 Å². The lowest BCUT2D eigenvalue weighted by Gasteiger charge is -2.29. The standard InChI is InChI=1S/C21H22N4O2S/c1-14(24)6-19(27)9-18(11-26)21(2,25-13-23)20-8-17(12-28-20)16-5-3-4-15(7-16)10-22/h3-8,11-13,18H,9,24H2,1-2H3,(H2,23,25)/b14-6-/t18-,21-/m0/s1. The van der Waals surface area contributed by atoms with E-state index in [1.54, 1.807) is 26.0 Å². The number of nitriles is 1. The zero-order valence-electron chi connectivity index (χ0n) is 15.8. The van der Waals surface area contributed by atoms with Gasteiger partial charge in [-0.3, -0.25) is 9.79 Å². The highest BCUT2D eigenvalue weighted by atomic mass is 32.1. The normalized spacial score (nSPS) is 15.0. The van der Waals surface area contributed by atoms with E-state index in [9.17, 15) is 9.59 Å². The van der Waals surface area contributed by atoms with Gasteiger partial charge < -0.3 is 16.3 Å². The van der Waals surface area contributed by atoms with Gasteiger partial charge in [-0.05, 0) is 54.6 Å². The summed E-state index contributed by atoms with van der Waals surface area (Å²) in [6, 6.07) is 11.3. The summed E-state index contributed by atoms with van der Waals surface area (Å²) in [6.45, 7) is 3.40. The topological polar surface area (TPSA) is 122 Å². The van der Waals surface area contributed by atoms with Gasteiger partial charge >= 0.3 is 0 Å². The summed E-state index contributed by atoms with van der Waals surface area (Å²) >= 11 is 1.43. The average molecular weight is 395 g/mol. The Morgan fingerprint density at radius 3 is 2.75 bits per heavy atom. The Labute approximate surface area is 168 Å². The van der Waals surface area contributed by atoms with Crippen LogP contribution in [-0.2, 0) is 15.1 Å². The average Bonchev–Trinajstić information content (AvgIpc) is 3.16. The van der Waals surface area contributed by atoms with Crippen LogP contribution >= 0.6 is 11.3 Å². The number of hydrogen-bond donors (Lipinski definition) is 2. The van der Waals surface area contributed by atoms with Crippen molar-refractivity contribution in [2.75, 3.05) is 0 Å². The van der Waals surface area contributed by atoms with Crippen molar-refractivity contribution in [3.63, 3.8) is 0 Å². The highest BCUT2D eigenvalue weighted by molar-refractivity contribution is 7.10. The molecule has 0 unspecified atom stereocenters. The minimum absolute atomic E-state index is 0.0248. The van der Waals surface area contributed by atoms with Crippen LogP contribution in [0.15, 0.2) is 52.5 Å².